The van der Waals surface area contributed by atoms with E-state index in [4.69, 9.17) is 0 Å². The number of hydrogen-bond donors (Lipinski definition) is 2. The molecule has 20 heavy (non-hydrogen) atoms. The van der Waals surface area contributed by atoms with Crippen molar-refractivity contribution in [1.82, 2.24) is 9.97 Å². The molecule has 1 heterocycles. The average Bonchev–Trinajstić information content (AvgIpc) is 2.49. The van der Waals surface area contributed by atoms with Crippen LogP contribution >= 0.6 is 0 Å². The van der Waals surface area contributed by atoms with Gasteiger partial charge in [-0.05, 0) is 25.0 Å². The monoisotopic (exact) mass is 270 g/mol. The van der Waals surface area contributed by atoms with E-state index in [1.54, 1.807) is 6.33 Å². The van der Waals surface area contributed by atoms with Gasteiger partial charge in [0.05, 0.1) is 0 Å². The number of aromatic nitrogens is 2. The van der Waals surface area contributed by atoms with E-state index in [9.17, 15) is 0 Å². The third-order valence-electron chi connectivity index (χ3n) is 3.02. The van der Waals surface area contributed by atoms with Crippen LogP contribution in [0.5, 0.6) is 0 Å². The highest BCUT2D eigenvalue weighted by Gasteiger charge is 2.10. The van der Waals surface area contributed by atoms with Crippen molar-refractivity contribution in [2.45, 2.75) is 33.1 Å². The minimum atomic E-state index is 0.895. The van der Waals surface area contributed by atoms with Crippen molar-refractivity contribution in [2.24, 2.45) is 0 Å². The lowest BCUT2D eigenvalue weighted by Gasteiger charge is -2.14. The van der Waals surface area contributed by atoms with Crippen molar-refractivity contribution < 1.29 is 0 Å². The lowest BCUT2D eigenvalue weighted by Crippen LogP contribution is -2.09. The third-order valence-corrected chi connectivity index (χ3v) is 3.02. The first-order valence-corrected chi connectivity index (χ1v) is 7.25. The maximum atomic E-state index is 4.40. The predicted octanol–water partition coefficient (Wildman–Crippen LogP) is 3.99. The molecule has 0 unspecified atom stereocenters. The van der Waals surface area contributed by atoms with E-state index < -0.39 is 0 Å². The maximum absolute atomic E-state index is 4.40. The summed E-state index contributed by atoms with van der Waals surface area (Å²) in [6.07, 6.45) is 4.72. The third kappa shape index (κ3) is 3.70. The summed E-state index contributed by atoms with van der Waals surface area (Å²) in [7, 11) is 0. The van der Waals surface area contributed by atoms with Crippen LogP contribution in [0.25, 0.3) is 0 Å². The number of hydrogen-bond acceptors (Lipinski definition) is 4. The van der Waals surface area contributed by atoms with Crippen LogP contribution in [-0.4, -0.2) is 16.5 Å². The van der Waals surface area contributed by atoms with Crippen LogP contribution in [0.1, 0.15) is 32.3 Å². The standard InChI is InChI=1S/C16H22N4/c1-3-8-14-15(17-11-4-2)18-12-19-16(14)20-13-9-6-5-7-10-13/h5-7,9-10,12H,3-4,8,11H2,1-2H3,(H2,17,18,19,20). The Morgan fingerprint density at radius 1 is 0.950 bits per heavy atom. The number of para-hydroxylation sites is 1. The van der Waals surface area contributed by atoms with Gasteiger partial charge in [-0.15, -0.1) is 0 Å². The predicted molar refractivity (Wildman–Crippen MR) is 84.5 cm³/mol. The fourth-order valence-corrected chi connectivity index (χ4v) is 2.06. The van der Waals surface area contributed by atoms with Crippen molar-refractivity contribution in [3.8, 4) is 0 Å². The van der Waals surface area contributed by atoms with Crippen LogP contribution < -0.4 is 10.6 Å². The van der Waals surface area contributed by atoms with E-state index >= 15 is 0 Å². The molecule has 0 radical (unpaired) electrons. The molecule has 0 aliphatic heterocycles. The Hall–Kier alpha value is -2.10. The van der Waals surface area contributed by atoms with Gasteiger partial charge in [-0.25, -0.2) is 9.97 Å². The van der Waals surface area contributed by atoms with Crippen molar-refractivity contribution in [3.63, 3.8) is 0 Å². The zero-order valence-electron chi connectivity index (χ0n) is 12.2. The Morgan fingerprint density at radius 3 is 2.40 bits per heavy atom. The molecule has 4 nitrogen and oxygen atoms in total. The first-order chi connectivity index (χ1) is 9.85. The van der Waals surface area contributed by atoms with Crippen LogP contribution in [0.4, 0.5) is 17.3 Å². The summed E-state index contributed by atoms with van der Waals surface area (Å²) in [5, 5.41) is 6.77. The largest absolute Gasteiger partial charge is 0.370 e. The first-order valence-electron chi connectivity index (χ1n) is 7.25. The zero-order chi connectivity index (χ0) is 14.2. The molecule has 106 valence electrons. The van der Waals surface area contributed by atoms with E-state index in [0.29, 0.717) is 0 Å². The van der Waals surface area contributed by atoms with Gasteiger partial charge in [0.1, 0.15) is 18.0 Å². The molecule has 0 aliphatic carbocycles. The van der Waals surface area contributed by atoms with E-state index in [1.165, 1.54) is 0 Å². The van der Waals surface area contributed by atoms with Gasteiger partial charge in [-0.3, -0.25) is 0 Å². The fourth-order valence-electron chi connectivity index (χ4n) is 2.06. The molecule has 2 aromatic rings. The van der Waals surface area contributed by atoms with Gasteiger partial charge < -0.3 is 10.6 Å². The summed E-state index contributed by atoms with van der Waals surface area (Å²) in [4.78, 5) is 8.77. The van der Waals surface area contributed by atoms with Crippen molar-refractivity contribution in [3.05, 3.63) is 42.2 Å². The minimum Gasteiger partial charge on any atom is -0.370 e. The molecule has 0 bridgehead atoms. The SMILES string of the molecule is CCCNc1ncnc(Nc2ccccc2)c1CCC. The average molecular weight is 270 g/mol. The molecule has 1 aromatic heterocycles. The van der Waals surface area contributed by atoms with Gasteiger partial charge in [-0.1, -0.05) is 38.5 Å². The number of anilines is 3. The summed E-state index contributed by atoms with van der Waals surface area (Å²) in [5.41, 5.74) is 2.21. The topological polar surface area (TPSA) is 49.8 Å². The Morgan fingerprint density at radius 2 is 1.70 bits per heavy atom. The summed E-state index contributed by atoms with van der Waals surface area (Å²) in [6, 6.07) is 10.1. The summed E-state index contributed by atoms with van der Waals surface area (Å²) in [5.74, 6) is 1.84. The number of nitrogens with zero attached hydrogens (tertiary/aromatic N) is 2. The lowest BCUT2D eigenvalue weighted by molar-refractivity contribution is 0.892. The molecule has 2 N–H and O–H groups in total. The number of rotatable bonds is 7. The fraction of sp³-hybridized carbons (Fsp3) is 0.375. The molecule has 0 spiro atoms. The second-order valence-corrected chi connectivity index (χ2v) is 4.72. The zero-order valence-corrected chi connectivity index (χ0v) is 12.2. The minimum absolute atomic E-state index is 0.895. The Kier molecular flexibility index (Phi) is 5.35. The summed E-state index contributed by atoms with van der Waals surface area (Å²) >= 11 is 0. The highest BCUT2D eigenvalue weighted by molar-refractivity contribution is 5.64. The Balaban J connectivity index is 2.26. The molecule has 2 rings (SSSR count). The van der Waals surface area contributed by atoms with Crippen LogP contribution in [0.15, 0.2) is 36.7 Å². The number of benzene rings is 1. The van der Waals surface area contributed by atoms with Crippen LogP contribution in [0, 0.1) is 0 Å². The molecular formula is C16H22N4. The van der Waals surface area contributed by atoms with Gasteiger partial charge >= 0.3 is 0 Å². The molecule has 1 aromatic carbocycles. The van der Waals surface area contributed by atoms with Crippen molar-refractivity contribution >= 4 is 17.3 Å². The van der Waals surface area contributed by atoms with E-state index in [-0.39, 0.29) is 0 Å². The molecular weight excluding hydrogens is 248 g/mol. The van der Waals surface area contributed by atoms with Crippen molar-refractivity contribution in [2.75, 3.05) is 17.2 Å². The smallest absolute Gasteiger partial charge is 0.139 e. The molecule has 4 heteroatoms. The molecule has 0 amide bonds. The summed E-state index contributed by atoms with van der Waals surface area (Å²) in [6.45, 7) is 5.25. The summed E-state index contributed by atoms with van der Waals surface area (Å²) < 4.78 is 0. The van der Waals surface area contributed by atoms with Gasteiger partial charge in [0.2, 0.25) is 0 Å². The first kappa shape index (κ1) is 14.3. The molecule has 0 saturated heterocycles. The number of nitrogens with one attached hydrogen (secondary N) is 2. The van der Waals surface area contributed by atoms with Gasteiger partial charge in [0.25, 0.3) is 0 Å². The van der Waals surface area contributed by atoms with Crippen molar-refractivity contribution in [1.29, 1.82) is 0 Å². The quantitative estimate of drug-likeness (QED) is 0.798. The second-order valence-electron chi connectivity index (χ2n) is 4.72. The van der Waals surface area contributed by atoms with Gasteiger partial charge in [0.15, 0.2) is 0 Å². The molecule has 0 saturated carbocycles. The maximum Gasteiger partial charge on any atom is 0.139 e. The van der Waals surface area contributed by atoms with E-state index in [2.05, 4.69) is 34.4 Å². The highest BCUT2D eigenvalue weighted by atomic mass is 15.1. The Labute approximate surface area is 120 Å². The van der Waals surface area contributed by atoms with E-state index in [0.717, 1.165) is 48.7 Å². The van der Waals surface area contributed by atoms with Crippen LogP contribution in [0.2, 0.25) is 0 Å². The Bertz CT molecular complexity index is 525. The normalized spacial score (nSPS) is 10.3. The lowest BCUT2D eigenvalue weighted by atomic mass is 10.1. The molecule has 0 aliphatic rings. The van der Waals surface area contributed by atoms with Gasteiger partial charge in [-0.2, -0.15) is 0 Å². The van der Waals surface area contributed by atoms with Gasteiger partial charge in [0, 0.05) is 17.8 Å². The second kappa shape index (κ2) is 7.48. The molecule has 0 fully saturated rings. The van der Waals surface area contributed by atoms with E-state index in [1.807, 2.05) is 30.3 Å². The highest BCUT2D eigenvalue weighted by Crippen LogP contribution is 2.24. The van der Waals surface area contributed by atoms with Crippen LogP contribution in [0.3, 0.4) is 0 Å². The molecule has 0 atom stereocenters. The van der Waals surface area contributed by atoms with Crippen LogP contribution in [-0.2, 0) is 6.42 Å².